The summed E-state index contributed by atoms with van der Waals surface area (Å²) in [6.07, 6.45) is 0. The Hall–Kier alpha value is -1.67. The summed E-state index contributed by atoms with van der Waals surface area (Å²) in [5, 5.41) is 2.69. The summed E-state index contributed by atoms with van der Waals surface area (Å²) in [7, 11) is -2.74. The van der Waals surface area contributed by atoms with Crippen LogP contribution < -0.4 is 5.32 Å². The molecule has 0 fully saturated rings. The van der Waals surface area contributed by atoms with Gasteiger partial charge in [-0.2, -0.15) is 4.31 Å². The maximum atomic E-state index is 12.8. The third-order valence-electron chi connectivity index (χ3n) is 3.08. The summed E-state index contributed by atoms with van der Waals surface area (Å²) in [5.74, 6) is -1.02. The zero-order valence-corrected chi connectivity index (χ0v) is 14.8. The van der Waals surface area contributed by atoms with E-state index in [0.29, 0.717) is 5.69 Å². The Labute approximate surface area is 149 Å². The van der Waals surface area contributed by atoms with Crippen molar-refractivity contribution in [2.24, 2.45) is 0 Å². The van der Waals surface area contributed by atoms with Crippen LogP contribution in [0.15, 0.2) is 47.4 Å². The molecule has 0 bridgehead atoms. The fraction of sp³-hybridized carbons (Fsp3) is 0.133. The minimum Gasteiger partial charge on any atom is -0.325 e. The summed E-state index contributed by atoms with van der Waals surface area (Å²) in [4.78, 5) is 11.8. The highest BCUT2D eigenvalue weighted by atomic mass is 35.5. The number of hydrogen-bond donors (Lipinski definition) is 1. The molecule has 2 rings (SSSR count). The lowest BCUT2D eigenvalue weighted by atomic mass is 10.3. The minimum absolute atomic E-state index is 0.00481. The van der Waals surface area contributed by atoms with Gasteiger partial charge >= 0.3 is 0 Å². The zero-order chi connectivity index (χ0) is 17.9. The molecule has 5 nitrogen and oxygen atoms in total. The molecule has 2 aromatic carbocycles. The van der Waals surface area contributed by atoms with Crippen molar-refractivity contribution in [2.75, 3.05) is 18.9 Å². The van der Waals surface area contributed by atoms with Crippen LogP contribution in [0.2, 0.25) is 10.0 Å². The van der Waals surface area contributed by atoms with Crippen LogP contribution in [-0.4, -0.2) is 32.2 Å². The second kappa shape index (κ2) is 7.48. The van der Waals surface area contributed by atoms with Gasteiger partial charge in [-0.05, 0) is 42.5 Å². The number of benzene rings is 2. The maximum Gasteiger partial charge on any atom is 0.244 e. The zero-order valence-electron chi connectivity index (χ0n) is 12.5. The average molecular weight is 391 g/mol. The number of carbonyl (C=O) groups excluding carboxylic acids is 1. The molecule has 1 N–H and O–H groups in total. The molecule has 0 aliphatic heterocycles. The largest absolute Gasteiger partial charge is 0.325 e. The van der Waals surface area contributed by atoms with E-state index in [0.717, 1.165) is 4.31 Å². The molecule has 0 atom stereocenters. The van der Waals surface area contributed by atoms with Crippen LogP contribution >= 0.6 is 23.2 Å². The number of rotatable bonds is 5. The highest BCUT2D eigenvalue weighted by Crippen LogP contribution is 2.27. The lowest BCUT2D eigenvalue weighted by molar-refractivity contribution is -0.116. The second-order valence-corrected chi connectivity index (χ2v) is 7.75. The van der Waals surface area contributed by atoms with Crippen molar-refractivity contribution in [3.05, 3.63) is 58.3 Å². The highest BCUT2D eigenvalue weighted by Gasteiger charge is 2.25. The van der Waals surface area contributed by atoms with Gasteiger partial charge in [-0.1, -0.05) is 23.2 Å². The number of likely N-dealkylation sites (N-methyl/N-ethyl adjacent to an activating group) is 1. The van der Waals surface area contributed by atoms with Crippen molar-refractivity contribution in [1.82, 2.24) is 4.31 Å². The van der Waals surface area contributed by atoms with E-state index in [2.05, 4.69) is 5.32 Å². The number of nitrogens with zero attached hydrogens (tertiary/aromatic N) is 1. The predicted octanol–water partition coefficient (Wildman–Crippen LogP) is 3.39. The Morgan fingerprint density at radius 1 is 1.17 bits per heavy atom. The van der Waals surface area contributed by atoms with E-state index in [9.17, 15) is 17.6 Å². The molecule has 0 saturated heterocycles. The van der Waals surface area contributed by atoms with Crippen molar-refractivity contribution in [3.8, 4) is 0 Å². The first-order valence-corrected chi connectivity index (χ1v) is 8.86. The molecular weight excluding hydrogens is 378 g/mol. The van der Waals surface area contributed by atoms with Crippen molar-refractivity contribution in [1.29, 1.82) is 0 Å². The molecule has 0 unspecified atom stereocenters. The number of halogens is 3. The number of nitrogens with one attached hydrogen (secondary N) is 1. The molecule has 0 radical (unpaired) electrons. The minimum atomic E-state index is -3.99. The monoisotopic (exact) mass is 390 g/mol. The van der Waals surface area contributed by atoms with Gasteiger partial charge in [-0.15, -0.1) is 0 Å². The highest BCUT2D eigenvalue weighted by molar-refractivity contribution is 7.89. The Kier molecular flexibility index (Phi) is 5.82. The van der Waals surface area contributed by atoms with Crippen LogP contribution in [0.1, 0.15) is 0 Å². The third-order valence-corrected chi connectivity index (χ3v) is 5.60. The molecule has 2 aromatic rings. The Balaban J connectivity index is 2.12. The first-order chi connectivity index (χ1) is 11.2. The van der Waals surface area contributed by atoms with Crippen LogP contribution in [0.5, 0.6) is 0 Å². The van der Waals surface area contributed by atoms with E-state index in [1.807, 2.05) is 0 Å². The van der Waals surface area contributed by atoms with Gasteiger partial charge < -0.3 is 5.32 Å². The average Bonchev–Trinajstić information content (AvgIpc) is 2.51. The topological polar surface area (TPSA) is 66.5 Å². The van der Waals surface area contributed by atoms with Crippen LogP contribution in [0, 0.1) is 5.82 Å². The Morgan fingerprint density at radius 2 is 1.79 bits per heavy atom. The molecule has 0 saturated carbocycles. The SMILES string of the molecule is CN(CC(=O)Nc1ccc(F)cc1)S(=O)(=O)c1cc(Cl)ccc1Cl. The first kappa shape index (κ1) is 18.7. The summed E-state index contributed by atoms with van der Waals surface area (Å²) in [6, 6.07) is 9.15. The Morgan fingerprint density at radius 3 is 2.42 bits per heavy atom. The van der Waals surface area contributed by atoms with Crippen LogP contribution in [0.3, 0.4) is 0 Å². The van der Waals surface area contributed by atoms with Gasteiger partial charge in [0.25, 0.3) is 0 Å². The molecular formula is C15H13Cl2FN2O3S. The van der Waals surface area contributed by atoms with Gasteiger partial charge in [0, 0.05) is 17.8 Å². The third kappa shape index (κ3) is 4.45. The molecule has 1 amide bonds. The van der Waals surface area contributed by atoms with E-state index in [4.69, 9.17) is 23.2 Å². The van der Waals surface area contributed by atoms with Crippen LogP contribution in [0.25, 0.3) is 0 Å². The molecule has 24 heavy (non-hydrogen) atoms. The van der Waals surface area contributed by atoms with Gasteiger partial charge in [0.15, 0.2) is 0 Å². The van der Waals surface area contributed by atoms with Gasteiger partial charge in [-0.3, -0.25) is 4.79 Å². The van der Waals surface area contributed by atoms with Gasteiger partial charge in [-0.25, -0.2) is 12.8 Å². The Bertz CT molecular complexity index is 858. The number of carbonyl (C=O) groups is 1. The fourth-order valence-electron chi connectivity index (χ4n) is 1.86. The number of amides is 1. The standard InChI is InChI=1S/C15H13Cl2FN2O3S/c1-20(9-15(21)19-12-5-3-11(18)4-6-12)24(22,23)14-8-10(16)2-7-13(14)17/h2-8H,9H2,1H3,(H,19,21). The lowest BCUT2D eigenvalue weighted by Gasteiger charge is -2.18. The molecule has 9 heteroatoms. The van der Waals surface area contributed by atoms with Crippen molar-refractivity contribution >= 4 is 44.8 Å². The molecule has 0 aliphatic rings. The summed E-state index contributed by atoms with van der Waals surface area (Å²) >= 11 is 11.7. The molecule has 128 valence electrons. The quantitative estimate of drug-likeness (QED) is 0.850. The smallest absolute Gasteiger partial charge is 0.244 e. The lowest BCUT2D eigenvalue weighted by Crippen LogP contribution is -2.35. The normalized spacial score (nSPS) is 11.5. The maximum absolute atomic E-state index is 12.8. The summed E-state index contributed by atoms with van der Waals surface area (Å²) in [5.41, 5.74) is 0.355. The van der Waals surface area contributed by atoms with Crippen molar-refractivity contribution < 1.29 is 17.6 Å². The molecule has 0 heterocycles. The van der Waals surface area contributed by atoms with E-state index >= 15 is 0 Å². The van der Waals surface area contributed by atoms with E-state index < -0.39 is 28.3 Å². The van der Waals surface area contributed by atoms with Crippen LogP contribution in [0.4, 0.5) is 10.1 Å². The second-order valence-electron chi connectivity index (χ2n) is 4.89. The number of hydrogen-bond acceptors (Lipinski definition) is 3. The van der Waals surface area contributed by atoms with Crippen molar-refractivity contribution in [3.63, 3.8) is 0 Å². The van der Waals surface area contributed by atoms with E-state index in [1.165, 1.54) is 49.5 Å². The summed E-state index contributed by atoms with van der Waals surface area (Å²) in [6.45, 7) is -0.442. The molecule has 0 aliphatic carbocycles. The van der Waals surface area contributed by atoms with Crippen LogP contribution in [-0.2, 0) is 14.8 Å². The van der Waals surface area contributed by atoms with E-state index in [1.54, 1.807) is 0 Å². The van der Waals surface area contributed by atoms with Gasteiger partial charge in [0.2, 0.25) is 15.9 Å². The fourth-order valence-corrected chi connectivity index (χ4v) is 3.72. The van der Waals surface area contributed by atoms with Gasteiger partial charge in [0.05, 0.1) is 11.6 Å². The molecule has 0 aromatic heterocycles. The summed E-state index contributed by atoms with van der Waals surface area (Å²) < 4.78 is 38.7. The molecule has 0 spiro atoms. The van der Waals surface area contributed by atoms with Gasteiger partial charge in [0.1, 0.15) is 10.7 Å². The van der Waals surface area contributed by atoms with E-state index in [-0.39, 0.29) is 14.9 Å². The predicted molar refractivity (Wildman–Crippen MR) is 91.3 cm³/mol. The van der Waals surface area contributed by atoms with Crippen molar-refractivity contribution in [2.45, 2.75) is 4.90 Å². The number of anilines is 1. The number of sulfonamides is 1. The first-order valence-electron chi connectivity index (χ1n) is 6.67.